The number of hydrogen-bond donors (Lipinski definition) is 0. The maximum absolute atomic E-state index is 13.3. The summed E-state index contributed by atoms with van der Waals surface area (Å²) in [5.41, 5.74) is 1.94. The van der Waals surface area contributed by atoms with E-state index in [9.17, 15) is 8.42 Å². The molecule has 3 heterocycles. The molecule has 23 heavy (non-hydrogen) atoms. The van der Waals surface area contributed by atoms with Crippen molar-refractivity contribution in [1.82, 2.24) is 4.98 Å². The van der Waals surface area contributed by atoms with Gasteiger partial charge in [-0.25, -0.2) is 17.7 Å². The van der Waals surface area contributed by atoms with Gasteiger partial charge in [0.15, 0.2) is 5.82 Å². The summed E-state index contributed by atoms with van der Waals surface area (Å²) in [5.74, 6) is 0.558. The van der Waals surface area contributed by atoms with Crippen LogP contribution in [0.15, 0.2) is 47.5 Å². The molecular formula is C17H19N3O2S. The van der Waals surface area contributed by atoms with Crippen LogP contribution in [0.1, 0.15) is 18.9 Å². The number of pyridine rings is 1. The Hall–Kier alpha value is -2.08. The predicted octanol–water partition coefficient (Wildman–Crippen LogP) is 2.43. The van der Waals surface area contributed by atoms with Gasteiger partial charge in [-0.05, 0) is 42.7 Å². The van der Waals surface area contributed by atoms with Gasteiger partial charge in [0.2, 0.25) is 0 Å². The van der Waals surface area contributed by atoms with Crippen LogP contribution in [0.2, 0.25) is 0 Å². The molecule has 0 N–H and O–H groups in total. The fraction of sp³-hybridized carbons (Fsp3) is 0.353. The molecule has 5 nitrogen and oxygen atoms in total. The molecule has 2 aromatic rings. The van der Waals surface area contributed by atoms with Gasteiger partial charge in [0, 0.05) is 19.3 Å². The van der Waals surface area contributed by atoms with Crippen molar-refractivity contribution in [3.8, 4) is 0 Å². The average Bonchev–Trinajstić information content (AvgIpc) is 2.99. The average molecular weight is 329 g/mol. The maximum atomic E-state index is 13.3. The summed E-state index contributed by atoms with van der Waals surface area (Å²) in [7, 11) is -3.60. The number of rotatable bonds is 3. The van der Waals surface area contributed by atoms with E-state index in [4.69, 9.17) is 0 Å². The number of nitrogens with zero attached hydrogens (tertiary/aromatic N) is 3. The van der Waals surface area contributed by atoms with Crippen molar-refractivity contribution >= 4 is 21.5 Å². The number of aromatic nitrogens is 1. The van der Waals surface area contributed by atoms with E-state index in [0.717, 1.165) is 37.2 Å². The molecule has 2 aliphatic heterocycles. The fourth-order valence-electron chi connectivity index (χ4n) is 3.48. The van der Waals surface area contributed by atoms with Crippen LogP contribution in [0.4, 0.5) is 11.5 Å². The monoisotopic (exact) mass is 329 g/mol. The number of aryl methyl sites for hydroxylation is 1. The van der Waals surface area contributed by atoms with Crippen LogP contribution >= 0.6 is 0 Å². The fourth-order valence-corrected chi connectivity index (χ4v) is 5.19. The predicted molar refractivity (Wildman–Crippen MR) is 90.3 cm³/mol. The SMILES string of the molecule is CCc1cccc(S(=O)(=O)N2c3ncccc3N3CCC2C3)c1. The first-order chi connectivity index (χ1) is 11.1. The third-order valence-corrected chi connectivity index (χ3v) is 6.51. The van der Waals surface area contributed by atoms with Crippen LogP contribution in [-0.2, 0) is 16.4 Å². The highest BCUT2D eigenvalue weighted by atomic mass is 32.2. The Kier molecular flexibility index (Phi) is 3.30. The minimum atomic E-state index is -3.60. The second kappa shape index (κ2) is 5.23. The van der Waals surface area contributed by atoms with Crippen molar-refractivity contribution in [2.45, 2.75) is 30.7 Å². The molecule has 0 amide bonds. The lowest BCUT2D eigenvalue weighted by atomic mass is 10.2. The molecule has 0 spiro atoms. The molecule has 2 aliphatic rings. The van der Waals surface area contributed by atoms with Crippen LogP contribution in [0.25, 0.3) is 0 Å². The van der Waals surface area contributed by atoms with Gasteiger partial charge in [0.05, 0.1) is 16.6 Å². The molecular weight excluding hydrogens is 310 g/mol. The Morgan fingerprint density at radius 3 is 2.96 bits per heavy atom. The first-order valence-corrected chi connectivity index (χ1v) is 9.38. The third kappa shape index (κ3) is 2.20. The molecule has 1 saturated heterocycles. The number of hydrogen-bond acceptors (Lipinski definition) is 4. The molecule has 4 rings (SSSR count). The van der Waals surface area contributed by atoms with Gasteiger partial charge >= 0.3 is 0 Å². The molecule has 0 saturated carbocycles. The summed E-state index contributed by atoms with van der Waals surface area (Å²) in [6.07, 6.45) is 3.31. The Bertz CT molecular complexity index is 850. The maximum Gasteiger partial charge on any atom is 0.265 e. The molecule has 1 aromatic carbocycles. The third-order valence-electron chi connectivity index (χ3n) is 4.67. The van der Waals surface area contributed by atoms with Crippen molar-refractivity contribution < 1.29 is 8.42 Å². The number of benzene rings is 1. The van der Waals surface area contributed by atoms with Crippen LogP contribution in [0.3, 0.4) is 0 Å². The summed E-state index contributed by atoms with van der Waals surface area (Å²) in [6, 6.07) is 11.0. The molecule has 0 radical (unpaired) electrons. The molecule has 2 bridgehead atoms. The normalized spacial score (nSPS) is 19.8. The van der Waals surface area contributed by atoms with Gasteiger partial charge in [0.1, 0.15) is 0 Å². The van der Waals surface area contributed by atoms with E-state index in [2.05, 4.69) is 9.88 Å². The minimum absolute atomic E-state index is 0.0346. The Balaban J connectivity index is 1.86. The first kappa shape index (κ1) is 14.5. The van der Waals surface area contributed by atoms with Crippen molar-refractivity contribution in [2.75, 3.05) is 22.3 Å². The highest BCUT2D eigenvalue weighted by Gasteiger charge is 2.43. The van der Waals surface area contributed by atoms with Crippen LogP contribution in [-0.4, -0.2) is 32.5 Å². The number of anilines is 2. The van der Waals surface area contributed by atoms with Crippen molar-refractivity contribution in [1.29, 1.82) is 0 Å². The van der Waals surface area contributed by atoms with E-state index in [1.54, 1.807) is 22.6 Å². The van der Waals surface area contributed by atoms with E-state index < -0.39 is 10.0 Å². The van der Waals surface area contributed by atoms with Gasteiger partial charge in [-0.2, -0.15) is 0 Å². The van der Waals surface area contributed by atoms with E-state index in [1.165, 1.54) is 0 Å². The van der Waals surface area contributed by atoms with E-state index in [0.29, 0.717) is 10.7 Å². The lowest BCUT2D eigenvalue weighted by Gasteiger charge is -2.36. The Labute approximate surface area is 136 Å². The topological polar surface area (TPSA) is 53.5 Å². The van der Waals surface area contributed by atoms with Crippen LogP contribution in [0, 0.1) is 0 Å². The first-order valence-electron chi connectivity index (χ1n) is 7.94. The largest absolute Gasteiger partial charge is 0.366 e. The zero-order chi connectivity index (χ0) is 16.0. The molecule has 6 heteroatoms. The van der Waals surface area contributed by atoms with Gasteiger partial charge in [-0.3, -0.25) is 0 Å². The van der Waals surface area contributed by atoms with Crippen LogP contribution in [0.5, 0.6) is 0 Å². The quantitative estimate of drug-likeness (QED) is 0.868. The molecule has 1 unspecified atom stereocenters. The molecule has 1 aromatic heterocycles. The Morgan fingerprint density at radius 1 is 1.26 bits per heavy atom. The van der Waals surface area contributed by atoms with Crippen LogP contribution < -0.4 is 9.21 Å². The number of fused-ring (bicyclic) bond motifs is 4. The zero-order valence-electron chi connectivity index (χ0n) is 13.0. The minimum Gasteiger partial charge on any atom is -0.366 e. The van der Waals surface area contributed by atoms with Crippen molar-refractivity contribution in [3.05, 3.63) is 48.2 Å². The summed E-state index contributed by atoms with van der Waals surface area (Å²) in [6.45, 7) is 3.65. The molecule has 0 aliphatic carbocycles. The summed E-state index contributed by atoms with van der Waals surface area (Å²) >= 11 is 0. The zero-order valence-corrected chi connectivity index (χ0v) is 13.8. The Morgan fingerprint density at radius 2 is 2.13 bits per heavy atom. The number of sulfonamides is 1. The standard InChI is InChI=1S/C17H19N3O2S/c1-2-13-5-3-6-15(11-13)23(21,22)20-14-8-10-19(12-14)16-7-4-9-18-17(16)20/h3-7,9,11,14H,2,8,10,12H2,1H3. The van der Waals surface area contributed by atoms with Crippen molar-refractivity contribution in [2.24, 2.45) is 0 Å². The smallest absolute Gasteiger partial charge is 0.265 e. The summed E-state index contributed by atoms with van der Waals surface area (Å²) < 4.78 is 28.1. The van der Waals surface area contributed by atoms with E-state index in [1.807, 2.05) is 31.2 Å². The van der Waals surface area contributed by atoms with E-state index in [-0.39, 0.29) is 6.04 Å². The van der Waals surface area contributed by atoms with Gasteiger partial charge in [0.25, 0.3) is 10.0 Å². The van der Waals surface area contributed by atoms with Gasteiger partial charge in [-0.15, -0.1) is 0 Å². The lowest BCUT2D eigenvalue weighted by molar-refractivity contribution is 0.577. The second-order valence-corrected chi connectivity index (χ2v) is 7.85. The lowest BCUT2D eigenvalue weighted by Crippen LogP contribution is -2.46. The van der Waals surface area contributed by atoms with Crippen molar-refractivity contribution in [3.63, 3.8) is 0 Å². The summed E-state index contributed by atoms with van der Waals surface area (Å²) in [5, 5.41) is 0. The van der Waals surface area contributed by atoms with Gasteiger partial charge < -0.3 is 4.90 Å². The molecule has 1 atom stereocenters. The van der Waals surface area contributed by atoms with E-state index >= 15 is 0 Å². The second-order valence-electron chi connectivity index (χ2n) is 6.04. The molecule has 1 fully saturated rings. The van der Waals surface area contributed by atoms with Gasteiger partial charge in [-0.1, -0.05) is 19.1 Å². The molecule has 120 valence electrons. The highest BCUT2D eigenvalue weighted by molar-refractivity contribution is 7.92. The highest BCUT2D eigenvalue weighted by Crippen LogP contribution is 2.41. The summed E-state index contributed by atoms with van der Waals surface area (Å²) in [4.78, 5) is 6.96.